The smallest absolute Gasteiger partial charge is 0.241 e. The number of hydrogen-bond donors (Lipinski definition) is 3. The van der Waals surface area contributed by atoms with E-state index in [-0.39, 0.29) is 11.7 Å². The molecule has 4 nitrogen and oxygen atoms in total. The molecule has 0 fully saturated rings. The van der Waals surface area contributed by atoms with Crippen LogP contribution < -0.4 is 11.1 Å². The molecule has 4 N–H and O–H groups in total. The van der Waals surface area contributed by atoms with Crippen molar-refractivity contribution in [1.82, 2.24) is 0 Å². The fourth-order valence-corrected chi connectivity index (χ4v) is 2.11. The summed E-state index contributed by atoms with van der Waals surface area (Å²) in [6.07, 6.45) is 0.427. The Balaban J connectivity index is 1.94. The Morgan fingerprint density at radius 2 is 1.75 bits per heavy atom. The fourth-order valence-electron chi connectivity index (χ4n) is 1.75. The lowest BCUT2D eigenvalue weighted by Crippen LogP contribution is -2.37. The summed E-state index contributed by atoms with van der Waals surface area (Å²) in [7, 11) is 0. The maximum absolute atomic E-state index is 12.0. The van der Waals surface area contributed by atoms with Gasteiger partial charge < -0.3 is 16.2 Å². The molecule has 0 saturated carbocycles. The Morgan fingerprint density at radius 3 is 2.35 bits per heavy atom. The Kier molecular flexibility index (Phi) is 4.97. The van der Waals surface area contributed by atoms with E-state index in [9.17, 15) is 9.90 Å². The van der Waals surface area contributed by atoms with Crippen LogP contribution in [0.25, 0.3) is 0 Å². The van der Waals surface area contributed by atoms with E-state index < -0.39 is 6.04 Å². The highest BCUT2D eigenvalue weighted by molar-refractivity contribution is 14.1. The number of phenolic OH excluding ortho intramolecular Hbond substituents is 1. The minimum absolute atomic E-state index is 0.200. The Bertz CT molecular complexity index is 582. The van der Waals surface area contributed by atoms with Crippen molar-refractivity contribution in [2.45, 2.75) is 12.5 Å². The molecule has 0 bridgehead atoms. The summed E-state index contributed by atoms with van der Waals surface area (Å²) in [5.74, 6) is -0.0232. The van der Waals surface area contributed by atoms with Crippen LogP contribution in [0.1, 0.15) is 5.56 Å². The molecule has 0 unspecified atom stereocenters. The van der Waals surface area contributed by atoms with Crippen LogP contribution in [0.4, 0.5) is 5.69 Å². The number of hydrogen-bond acceptors (Lipinski definition) is 3. The number of anilines is 1. The van der Waals surface area contributed by atoms with Crippen molar-refractivity contribution in [2.75, 3.05) is 5.32 Å². The van der Waals surface area contributed by atoms with Crippen LogP contribution in [-0.4, -0.2) is 17.1 Å². The summed E-state index contributed by atoms with van der Waals surface area (Å²) in [4.78, 5) is 12.0. The monoisotopic (exact) mass is 382 g/mol. The van der Waals surface area contributed by atoms with E-state index in [1.807, 2.05) is 24.3 Å². The number of phenols is 1. The van der Waals surface area contributed by atoms with E-state index in [2.05, 4.69) is 27.9 Å². The van der Waals surface area contributed by atoms with Gasteiger partial charge in [-0.2, -0.15) is 0 Å². The first-order valence-corrected chi connectivity index (χ1v) is 7.22. The predicted octanol–water partition coefficient (Wildman–Crippen LogP) is 2.51. The van der Waals surface area contributed by atoms with E-state index in [1.54, 1.807) is 24.3 Å². The molecular formula is C15H15IN2O2. The molecule has 0 aromatic heterocycles. The van der Waals surface area contributed by atoms with Crippen molar-refractivity contribution in [2.24, 2.45) is 5.73 Å². The highest BCUT2D eigenvalue weighted by Crippen LogP contribution is 2.13. The standard InChI is InChI=1S/C15H15IN2O2/c16-11-3-5-12(6-4-11)18-15(20)14(17)9-10-1-7-13(19)8-2-10/h1-8,14,19H,9,17H2,(H,18,20)/t14-/m1/s1. The van der Waals surface area contributed by atoms with Crippen LogP contribution in [0.3, 0.4) is 0 Å². The SMILES string of the molecule is N[C@H](Cc1ccc(O)cc1)C(=O)Nc1ccc(I)cc1. The Morgan fingerprint density at radius 1 is 1.15 bits per heavy atom. The normalized spacial score (nSPS) is 11.9. The second-order valence-electron chi connectivity index (χ2n) is 4.47. The summed E-state index contributed by atoms with van der Waals surface area (Å²) in [6, 6.07) is 13.6. The third kappa shape index (κ3) is 4.21. The van der Waals surface area contributed by atoms with Crippen molar-refractivity contribution < 1.29 is 9.90 Å². The van der Waals surface area contributed by atoms with E-state index >= 15 is 0 Å². The molecule has 5 heteroatoms. The largest absolute Gasteiger partial charge is 0.508 e. The highest BCUT2D eigenvalue weighted by Gasteiger charge is 2.14. The molecule has 0 aliphatic carbocycles. The third-order valence-corrected chi connectivity index (χ3v) is 3.56. The van der Waals surface area contributed by atoms with Gasteiger partial charge in [-0.15, -0.1) is 0 Å². The number of carbonyl (C=O) groups excluding carboxylic acids is 1. The van der Waals surface area contributed by atoms with Crippen molar-refractivity contribution in [1.29, 1.82) is 0 Å². The van der Waals surface area contributed by atoms with E-state index in [0.717, 1.165) is 14.8 Å². The molecule has 1 amide bonds. The van der Waals surface area contributed by atoms with Gasteiger partial charge in [-0.3, -0.25) is 4.79 Å². The van der Waals surface area contributed by atoms with Gasteiger partial charge in [-0.1, -0.05) is 12.1 Å². The molecule has 0 saturated heterocycles. The summed E-state index contributed by atoms with van der Waals surface area (Å²) >= 11 is 2.20. The minimum Gasteiger partial charge on any atom is -0.508 e. The van der Waals surface area contributed by atoms with E-state index in [4.69, 9.17) is 5.73 Å². The van der Waals surface area contributed by atoms with Gasteiger partial charge in [0.2, 0.25) is 5.91 Å². The molecule has 104 valence electrons. The number of aromatic hydroxyl groups is 1. The van der Waals surface area contributed by atoms with Crippen LogP contribution in [0, 0.1) is 3.57 Å². The zero-order chi connectivity index (χ0) is 14.5. The maximum Gasteiger partial charge on any atom is 0.241 e. The van der Waals surface area contributed by atoms with Gasteiger partial charge >= 0.3 is 0 Å². The first kappa shape index (κ1) is 14.8. The number of halogens is 1. The van der Waals surface area contributed by atoms with Gasteiger partial charge in [0.25, 0.3) is 0 Å². The minimum atomic E-state index is -0.626. The molecule has 1 atom stereocenters. The summed E-state index contributed by atoms with van der Waals surface area (Å²) in [5.41, 5.74) is 7.53. The summed E-state index contributed by atoms with van der Waals surface area (Å²) in [5, 5.41) is 12.0. The molecule has 0 heterocycles. The van der Waals surface area contributed by atoms with Crippen molar-refractivity contribution >= 4 is 34.2 Å². The zero-order valence-corrected chi connectivity index (χ0v) is 12.9. The van der Waals surface area contributed by atoms with Gasteiger partial charge in [0.05, 0.1) is 6.04 Å². The Labute approximate surface area is 131 Å². The van der Waals surface area contributed by atoms with Gasteiger partial charge in [-0.05, 0) is 71.0 Å². The molecule has 2 rings (SSSR count). The second kappa shape index (κ2) is 6.71. The fraction of sp³-hybridized carbons (Fsp3) is 0.133. The molecule has 2 aromatic rings. The van der Waals surface area contributed by atoms with Crippen molar-refractivity contribution in [3.8, 4) is 5.75 Å². The van der Waals surface area contributed by atoms with Crippen LogP contribution in [-0.2, 0) is 11.2 Å². The van der Waals surface area contributed by atoms with E-state index in [1.165, 1.54) is 0 Å². The zero-order valence-electron chi connectivity index (χ0n) is 10.7. The van der Waals surface area contributed by atoms with Crippen LogP contribution in [0.5, 0.6) is 5.75 Å². The van der Waals surface area contributed by atoms with Crippen LogP contribution in [0.2, 0.25) is 0 Å². The van der Waals surface area contributed by atoms with Crippen LogP contribution >= 0.6 is 22.6 Å². The number of benzene rings is 2. The molecule has 0 aliphatic heterocycles. The maximum atomic E-state index is 12.0. The van der Waals surface area contributed by atoms with Gasteiger partial charge in [0.15, 0.2) is 0 Å². The second-order valence-corrected chi connectivity index (χ2v) is 5.72. The Hall–Kier alpha value is -1.60. The molecule has 2 aromatic carbocycles. The average molecular weight is 382 g/mol. The number of rotatable bonds is 4. The molecular weight excluding hydrogens is 367 g/mol. The quantitative estimate of drug-likeness (QED) is 0.712. The number of nitrogens with two attached hydrogens (primary N) is 1. The third-order valence-electron chi connectivity index (χ3n) is 2.84. The number of nitrogens with one attached hydrogen (secondary N) is 1. The van der Waals surface area contributed by atoms with E-state index in [0.29, 0.717) is 6.42 Å². The average Bonchev–Trinajstić information content (AvgIpc) is 2.44. The summed E-state index contributed by atoms with van der Waals surface area (Å²) < 4.78 is 1.11. The van der Waals surface area contributed by atoms with Crippen molar-refractivity contribution in [3.05, 3.63) is 57.7 Å². The molecule has 20 heavy (non-hydrogen) atoms. The lowest BCUT2D eigenvalue weighted by Gasteiger charge is -2.12. The molecule has 0 aliphatic rings. The number of amides is 1. The topological polar surface area (TPSA) is 75.3 Å². The first-order valence-electron chi connectivity index (χ1n) is 6.14. The van der Waals surface area contributed by atoms with Gasteiger partial charge in [0, 0.05) is 9.26 Å². The highest BCUT2D eigenvalue weighted by atomic mass is 127. The molecule has 0 spiro atoms. The van der Waals surface area contributed by atoms with Gasteiger partial charge in [-0.25, -0.2) is 0 Å². The van der Waals surface area contributed by atoms with Gasteiger partial charge in [0.1, 0.15) is 5.75 Å². The lowest BCUT2D eigenvalue weighted by atomic mass is 10.1. The van der Waals surface area contributed by atoms with Crippen LogP contribution in [0.15, 0.2) is 48.5 Å². The predicted molar refractivity (Wildman–Crippen MR) is 87.6 cm³/mol. The van der Waals surface area contributed by atoms with Crippen molar-refractivity contribution in [3.63, 3.8) is 0 Å². The first-order chi connectivity index (χ1) is 9.54. The lowest BCUT2D eigenvalue weighted by molar-refractivity contribution is -0.117. The number of carbonyl (C=O) groups is 1. The molecule has 0 radical (unpaired) electrons. The summed E-state index contributed by atoms with van der Waals surface area (Å²) in [6.45, 7) is 0.